The first-order valence-corrected chi connectivity index (χ1v) is 7.01. The molecule has 1 N–H and O–H groups in total. The molecule has 0 saturated heterocycles. The number of rotatable bonds is 4. The maximum atomic E-state index is 12.1. The number of benzene rings is 1. The number of amides is 1. The molecular weight excluding hydrogens is 322 g/mol. The van der Waals surface area contributed by atoms with Crippen LogP contribution in [0, 0.1) is 6.92 Å². The minimum atomic E-state index is -0.258. The average Bonchev–Trinajstić information content (AvgIpc) is 2.85. The molecule has 0 spiro atoms. The largest absolute Gasteiger partial charge is 0.496 e. The van der Waals surface area contributed by atoms with Gasteiger partial charge in [-0.3, -0.25) is 4.79 Å². The van der Waals surface area contributed by atoms with Gasteiger partial charge in [0.1, 0.15) is 5.75 Å². The molecule has 0 bridgehead atoms. The Balaban J connectivity index is 2.17. The van der Waals surface area contributed by atoms with Crippen molar-refractivity contribution in [3.05, 3.63) is 51.9 Å². The van der Waals surface area contributed by atoms with Crippen LogP contribution in [0.2, 0.25) is 0 Å². The Morgan fingerprint density at radius 3 is 2.70 bits per heavy atom. The second-order valence-corrected chi connectivity index (χ2v) is 5.33. The van der Waals surface area contributed by atoms with Crippen molar-refractivity contribution in [3.8, 4) is 5.75 Å². The summed E-state index contributed by atoms with van der Waals surface area (Å²) < 4.78 is 11.1. The molecule has 1 heterocycles. The Bertz CT molecular complexity index is 621. The summed E-state index contributed by atoms with van der Waals surface area (Å²) in [7, 11) is 1.62. The van der Waals surface area contributed by atoms with E-state index in [1.165, 1.54) is 0 Å². The third kappa shape index (κ3) is 3.22. The summed E-state index contributed by atoms with van der Waals surface area (Å²) in [5, 5.41) is 2.89. The molecule has 1 aromatic carbocycles. The number of aryl methyl sites for hydroxylation is 1. The van der Waals surface area contributed by atoms with Crippen LogP contribution in [-0.4, -0.2) is 13.0 Å². The molecule has 1 aromatic heterocycles. The number of ether oxygens (including phenoxy) is 1. The van der Waals surface area contributed by atoms with E-state index in [-0.39, 0.29) is 17.7 Å². The van der Waals surface area contributed by atoms with Crippen LogP contribution >= 0.6 is 15.9 Å². The van der Waals surface area contributed by atoms with Gasteiger partial charge < -0.3 is 14.5 Å². The molecule has 0 aliphatic rings. The smallest absolute Gasteiger partial charge is 0.287 e. The van der Waals surface area contributed by atoms with Crippen LogP contribution in [0.5, 0.6) is 5.75 Å². The van der Waals surface area contributed by atoms with E-state index < -0.39 is 0 Å². The SMILES string of the molecule is COc1ccc(C)cc1C(C)NC(=O)c1ccc(Br)o1. The first kappa shape index (κ1) is 14.7. The molecule has 0 saturated carbocycles. The topological polar surface area (TPSA) is 51.5 Å². The molecule has 0 aliphatic carbocycles. The van der Waals surface area contributed by atoms with E-state index in [1.54, 1.807) is 19.2 Å². The Hall–Kier alpha value is -1.75. The van der Waals surface area contributed by atoms with Crippen LogP contribution in [0.4, 0.5) is 0 Å². The van der Waals surface area contributed by atoms with Gasteiger partial charge in [-0.05, 0) is 48.0 Å². The van der Waals surface area contributed by atoms with Crippen molar-refractivity contribution in [1.82, 2.24) is 5.32 Å². The number of hydrogen-bond donors (Lipinski definition) is 1. The van der Waals surface area contributed by atoms with E-state index in [0.717, 1.165) is 16.9 Å². The lowest BCUT2D eigenvalue weighted by Gasteiger charge is -2.17. The fourth-order valence-corrected chi connectivity index (χ4v) is 2.28. The zero-order valence-electron chi connectivity index (χ0n) is 11.6. The Kier molecular flexibility index (Phi) is 4.49. The number of carbonyl (C=O) groups excluding carboxylic acids is 1. The standard InChI is InChI=1S/C15H16BrNO3/c1-9-4-5-12(19-3)11(8-9)10(2)17-15(18)13-6-7-14(16)20-13/h4-8,10H,1-3H3,(H,17,18). The van der Waals surface area contributed by atoms with Crippen molar-refractivity contribution < 1.29 is 13.9 Å². The highest BCUT2D eigenvalue weighted by atomic mass is 79.9. The summed E-state index contributed by atoms with van der Waals surface area (Å²) in [6, 6.07) is 9.01. The molecule has 20 heavy (non-hydrogen) atoms. The Morgan fingerprint density at radius 2 is 2.10 bits per heavy atom. The van der Waals surface area contributed by atoms with Crippen molar-refractivity contribution in [2.75, 3.05) is 7.11 Å². The van der Waals surface area contributed by atoms with E-state index in [2.05, 4.69) is 21.2 Å². The van der Waals surface area contributed by atoms with Gasteiger partial charge in [0.25, 0.3) is 5.91 Å². The summed E-state index contributed by atoms with van der Waals surface area (Å²) in [6.07, 6.45) is 0. The lowest BCUT2D eigenvalue weighted by Crippen LogP contribution is -2.26. The zero-order valence-corrected chi connectivity index (χ0v) is 13.2. The van der Waals surface area contributed by atoms with Gasteiger partial charge in [0, 0.05) is 5.56 Å². The normalized spacial score (nSPS) is 12.0. The van der Waals surface area contributed by atoms with Gasteiger partial charge in [0.05, 0.1) is 13.2 Å². The van der Waals surface area contributed by atoms with Crippen LogP contribution < -0.4 is 10.1 Å². The third-order valence-electron chi connectivity index (χ3n) is 3.00. The first-order chi connectivity index (χ1) is 9.51. The van der Waals surface area contributed by atoms with Gasteiger partial charge >= 0.3 is 0 Å². The van der Waals surface area contributed by atoms with Gasteiger partial charge in [-0.1, -0.05) is 17.7 Å². The minimum absolute atomic E-state index is 0.179. The van der Waals surface area contributed by atoms with Crippen LogP contribution in [0.15, 0.2) is 39.4 Å². The first-order valence-electron chi connectivity index (χ1n) is 6.22. The monoisotopic (exact) mass is 337 g/mol. The Morgan fingerprint density at radius 1 is 1.35 bits per heavy atom. The molecule has 0 fully saturated rings. The maximum Gasteiger partial charge on any atom is 0.287 e. The second kappa shape index (κ2) is 6.13. The number of hydrogen-bond acceptors (Lipinski definition) is 3. The van der Waals surface area contributed by atoms with Crippen LogP contribution in [-0.2, 0) is 0 Å². The van der Waals surface area contributed by atoms with Crippen LogP contribution in [0.3, 0.4) is 0 Å². The number of carbonyl (C=O) groups is 1. The van der Waals surface area contributed by atoms with Gasteiger partial charge in [0.2, 0.25) is 0 Å². The molecule has 1 atom stereocenters. The van der Waals surface area contributed by atoms with Crippen molar-refractivity contribution in [2.45, 2.75) is 19.9 Å². The number of nitrogens with one attached hydrogen (secondary N) is 1. The molecular formula is C15H16BrNO3. The highest BCUT2D eigenvalue weighted by Gasteiger charge is 2.17. The van der Waals surface area contributed by atoms with Crippen molar-refractivity contribution in [2.24, 2.45) is 0 Å². The van der Waals surface area contributed by atoms with Gasteiger partial charge in [-0.25, -0.2) is 0 Å². The minimum Gasteiger partial charge on any atom is -0.496 e. The third-order valence-corrected chi connectivity index (χ3v) is 3.42. The van der Waals surface area contributed by atoms with Crippen LogP contribution in [0.1, 0.15) is 34.6 Å². The number of halogens is 1. The molecule has 0 aliphatic heterocycles. The quantitative estimate of drug-likeness (QED) is 0.921. The molecule has 1 amide bonds. The molecule has 4 nitrogen and oxygen atoms in total. The number of methoxy groups -OCH3 is 1. The van der Waals surface area contributed by atoms with E-state index in [9.17, 15) is 4.79 Å². The Labute approximate surface area is 126 Å². The second-order valence-electron chi connectivity index (χ2n) is 4.54. The van der Waals surface area contributed by atoms with Gasteiger partial charge in [-0.15, -0.1) is 0 Å². The summed E-state index contributed by atoms with van der Waals surface area (Å²) >= 11 is 3.18. The maximum absolute atomic E-state index is 12.1. The zero-order chi connectivity index (χ0) is 14.7. The highest BCUT2D eigenvalue weighted by Crippen LogP contribution is 2.26. The summed E-state index contributed by atoms with van der Waals surface area (Å²) in [5.74, 6) is 0.770. The van der Waals surface area contributed by atoms with Crippen molar-refractivity contribution >= 4 is 21.8 Å². The summed E-state index contributed by atoms with van der Waals surface area (Å²) in [6.45, 7) is 3.91. The molecule has 106 valence electrons. The van der Waals surface area contributed by atoms with Crippen molar-refractivity contribution in [1.29, 1.82) is 0 Å². The molecule has 1 unspecified atom stereocenters. The summed E-state index contributed by atoms with van der Waals surface area (Å²) in [4.78, 5) is 12.1. The lowest BCUT2D eigenvalue weighted by atomic mass is 10.0. The van der Waals surface area contributed by atoms with E-state index >= 15 is 0 Å². The van der Waals surface area contributed by atoms with Crippen LogP contribution in [0.25, 0.3) is 0 Å². The van der Waals surface area contributed by atoms with Crippen molar-refractivity contribution in [3.63, 3.8) is 0 Å². The fourth-order valence-electron chi connectivity index (χ4n) is 1.97. The molecule has 2 aromatic rings. The highest BCUT2D eigenvalue weighted by molar-refractivity contribution is 9.10. The summed E-state index contributed by atoms with van der Waals surface area (Å²) in [5.41, 5.74) is 2.05. The van der Waals surface area contributed by atoms with E-state index in [0.29, 0.717) is 4.67 Å². The van der Waals surface area contributed by atoms with Gasteiger partial charge in [0.15, 0.2) is 10.4 Å². The van der Waals surface area contributed by atoms with Gasteiger partial charge in [-0.2, -0.15) is 0 Å². The van der Waals surface area contributed by atoms with E-state index in [4.69, 9.17) is 9.15 Å². The van der Waals surface area contributed by atoms with E-state index in [1.807, 2.05) is 32.0 Å². The average molecular weight is 338 g/mol. The number of furan rings is 1. The fraction of sp³-hybridized carbons (Fsp3) is 0.267. The lowest BCUT2D eigenvalue weighted by molar-refractivity contribution is 0.0910. The predicted molar refractivity (Wildman–Crippen MR) is 80.0 cm³/mol. The molecule has 0 radical (unpaired) electrons. The molecule has 2 rings (SSSR count). The molecule has 5 heteroatoms. The predicted octanol–water partition coefficient (Wildman–Crippen LogP) is 3.85.